The molecule has 6 aromatic carbocycles. The number of para-hydroxylation sites is 2. The molecule has 2 amide bonds. The first-order valence-electron chi connectivity index (χ1n) is 19.4. The van der Waals surface area contributed by atoms with Crippen LogP contribution in [0.5, 0.6) is 0 Å². The maximum Gasteiger partial charge on any atom is 0.251 e. The summed E-state index contributed by atoms with van der Waals surface area (Å²) in [5.41, 5.74) is 11.2. The molecule has 12 nitrogen and oxygen atoms in total. The van der Waals surface area contributed by atoms with Gasteiger partial charge in [0.05, 0.1) is 33.1 Å². The van der Waals surface area contributed by atoms with Gasteiger partial charge in [-0.05, 0) is 83.4 Å². The summed E-state index contributed by atoms with van der Waals surface area (Å²) in [6.45, 7) is 3.03. The maximum absolute atomic E-state index is 12.8. The number of imidazole rings is 2. The summed E-state index contributed by atoms with van der Waals surface area (Å²) in [7, 11) is 0. The Kier molecular flexibility index (Phi) is 9.39. The van der Waals surface area contributed by atoms with Gasteiger partial charge in [-0.15, -0.1) is 11.3 Å². The highest BCUT2D eigenvalue weighted by Gasteiger charge is 2.16. The number of carbonyl (C=O) groups excluding carboxylic acids is 2. The van der Waals surface area contributed by atoms with Crippen molar-refractivity contribution in [3.63, 3.8) is 0 Å². The maximum atomic E-state index is 12.8. The molecule has 11 aromatic rings. The summed E-state index contributed by atoms with van der Waals surface area (Å²) in [6, 6.07) is 43.2. The number of hydrogen-bond acceptors (Lipinski definition) is 7. The van der Waals surface area contributed by atoms with Gasteiger partial charge in [0.25, 0.3) is 11.8 Å². The minimum atomic E-state index is -0.116. The first-order valence-corrected chi connectivity index (χ1v) is 20.2. The fourth-order valence-corrected chi connectivity index (χ4v) is 8.33. The van der Waals surface area contributed by atoms with Crippen molar-refractivity contribution in [3.8, 4) is 23.0 Å². The Morgan fingerprint density at radius 2 is 1.12 bits per heavy atom. The van der Waals surface area contributed by atoms with E-state index in [1.807, 2.05) is 110 Å². The normalized spacial score (nSPS) is 11.3. The predicted octanol–water partition coefficient (Wildman–Crippen LogP) is 9.60. The van der Waals surface area contributed by atoms with Crippen molar-refractivity contribution in [2.45, 2.75) is 20.0 Å². The van der Waals surface area contributed by atoms with Crippen LogP contribution in [0, 0.1) is 6.92 Å². The summed E-state index contributed by atoms with van der Waals surface area (Å²) in [5, 5.41) is 26.1. The van der Waals surface area contributed by atoms with E-state index in [1.54, 1.807) is 23.5 Å². The number of benzene rings is 6. The average Bonchev–Trinajstić information content (AvgIpc) is 4.13. The van der Waals surface area contributed by atoms with Crippen molar-refractivity contribution in [3.05, 3.63) is 167 Å². The molecule has 6 N–H and O–H groups in total. The van der Waals surface area contributed by atoms with Gasteiger partial charge in [-0.1, -0.05) is 84.4 Å². The van der Waals surface area contributed by atoms with Gasteiger partial charge in [0.2, 0.25) is 0 Å². The second-order valence-corrected chi connectivity index (χ2v) is 15.4. The molecule has 5 heterocycles. The molecule has 0 unspecified atom stereocenters. The molecule has 5 aromatic heterocycles. The van der Waals surface area contributed by atoms with Crippen LogP contribution >= 0.6 is 11.3 Å². The summed E-state index contributed by atoms with van der Waals surface area (Å²) in [6.07, 6.45) is 0. The van der Waals surface area contributed by atoms with Crippen molar-refractivity contribution in [1.82, 2.24) is 51.0 Å². The fraction of sp³-hybridized carbons (Fsp3) is 0.0638. The monoisotopic (exact) mass is 804 g/mol. The van der Waals surface area contributed by atoms with Gasteiger partial charge in [0, 0.05) is 39.7 Å². The number of carbonyl (C=O) groups is 2. The lowest BCUT2D eigenvalue weighted by Gasteiger charge is -2.06. The predicted molar refractivity (Wildman–Crippen MR) is 238 cm³/mol. The average molecular weight is 805 g/mol. The lowest BCUT2D eigenvalue weighted by atomic mass is 10.1. The molecule has 0 aliphatic carbocycles. The van der Waals surface area contributed by atoms with Crippen molar-refractivity contribution in [2.24, 2.45) is 0 Å². The van der Waals surface area contributed by atoms with E-state index in [1.165, 1.54) is 15.6 Å². The molecule has 0 spiro atoms. The second-order valence-electron chi connectivity index (χ2n) is 14.5. The van der Waals surface area contributed by atoms with Gasteiger partial charge in [-0.3, -0.25) is 19.8 Å². The molecule has 0 bridgehead atoms. The number of nitrogens with one attached hydrogen (secondary N) is 6. The Morgan fingerprint density at radius 3 is 1.72 bits per heavy atom. The number of hydrogen-bond donors (Lipinski definition) is 6. The summed E-state index contributed by atoms with van der Waals surface area (Å²) in [4.78, 5) is 41.3. The van der Waals surface area contributed by atoms with E-state index in [2.05, 4.69) is 74.5 Å². The molecule has 13 heteroatoms. The quantitative estimate of drug-likeness (QED) is 0.0893. The highest BCUT2D eigenvalue weighted by atomic mass is 32.1. The molecule has 0 aliphatic heterocycles. The topological polar surface area (TPSA) is 173 Å². The van der Waals surface area contributed by atoms with Crippen molar-refractivity contribution in [2.75, 3.05) is 0 Å². The molecular weight excluding hydrogens is 769 g/mol. The number of nitrogens with zero attached hydrogens (tertiary/aromatic N) is 4. The number of aromatic nitrogens is 8. The fourth-order valence-electron chi connectivity index (χ4n) is 7.37. The van der Waals surface area contributed by atoms with Gasteiger partial charge in [-0.2, -0.15) is 10.2 Å². The Bertz CT molecular complexity index is 3370. The number of aromatic amines is 4. The van der Waals surface area contributed by atoms with Crippen LogP contribution in [0.2, 0.25) is 0 Å². The van der Waals surface area contributed by atoms with Gasteiger partial charge in [0.15, 0.2) is 11.6 Å². The van der Waals surface area contributed by atoms with E-state index < -0.39 is 0 Å². The van der Waals surface area contributed by atoms with Gasteiger partial charge in [-0.25, -0.2) is 9.97 Å². The molecule has 11 rings (SSSR count). The first kappa shape index (κ1) is 36.4. The standard InChI is InChI=1S/C24H17N5OS.C23H19N5O/c30-24(25-12-15-13-31-21-8-4-2-5-16(15)21)14-9-10-19-20(11-14)27-23(26-19)22-17-6-1-3-7-18(17)28-29-22;1-14-5-4-6-15(11-14)13-24-23(29)16-9-10-19-20(12-16)26-22(25-19)21-17-7-2-3-8-18(17)27-28-21/h1-11,13H,12H2,(H,25,30)(H,26,27)(H,28,29);2-12H,13H2,1H3,(H,24,29)(H,25,26)(H,27,28). The third-order valence-corrected chi connectivity index (χ3v) is 11.4. The Morgan fingerprint density at radius 1 is 0.567 bits per heavy atom. The van der Waals surface area contributed by atoms with Crippen LogP contribution in [-0.2, 0) is 13.1 Å². The van der Waals surface area contributed by atoms with Crippen molar-refractivity contribution < 1.29 is 9.59 Å². The third kappa shape index (κ3) is 7.14. The minimum absolute atomic E-state index is 0.112. The van der Waals surface area contributed by atoms with Crippen LogP contribution in [0.15, 0.2) is 139 Å². The summed E-state index contributed by atoms with van der Waals surface area (Å²) < 4.78 is 1.23. The Balaban J connectivity index is 0.000000145. The van der Waals surface area contributed by atoms with E-state index in [-0.39, 0.29) is 11.8 Å². The number of rotatable bonds is 8. The molecule has 0 saturated heterocycles. The summed E-state index contributed by atoms with van der Waals surface area (Å²) >= 11 is 1.69. The zero-order chi connectivity index (χ0) is 40.6. The molecule has 0 saturated carbocycles. The molecule has 0 aliphatic rings. The SMILES string of the molecule is Cc1cccc(CNC(=O)c2ccc3nc(-c4n[nH]c5ccccc45)[nH]c3c2)c1.O=C(NCc1csc2ccccc12)c1ccc2nc(-c3n[nH]c4ccccc34)[nH]c2c1. The Hall–Kier alpha value is -7.90. The van der Waals surface area contributed by atoms with Gasteiger partial charge < -0.3 is 20.6 Å². The summed E-state index contributed by atoms with van der Waals surface area (Å²) in [5.74, 6) is 1.12. The van der Waals surface area contributed by atoms with Crippen molar-refractivity contribution in [1.29, 1.82) is 0 Å². The second kappa shape index (κ2) is 15.5. The number of thiophene rings is 1. The highest BCUT2D eigenvalue weighted by molar-refractivity contribution is 7.17. The highest BCUT2D eigenvalue weighted by Crippen LogP contribution is 2.29. The molecule has 60 heavy (non-hydrogen) atoms. The van der Waals surface area contributed by atoms with E-state index in [9.17, 15) is 9.59 Å². The van der Waals surface area contributed by atoms with E-state index >= 15 is 0 Å². The lowest BCUT2D eigenvalue weighted by molar-refractivity contribution is 0.0943. The van der Waals surface area contributed by atoms with Crippen LogP contribution in [-0.4, -0.2) is 52.1 Å². The molecular formula is C47H36N10O2S. The number of H-pyrrole nitrogens is 4. The zero-order valence-corrected chi connectivity index (χ0v) is 33.0. The van der Waals surface area contributed by atoms with Crippen LogP contribution in [0.3, 0.4) is 0 Å². The van der Waals surface area contributed by atoms with E-state index in [4.69, 9.17) is 0 Å². The first-order chi connectivity index (χ1) is 29.4. The molecule has 292 valence electrons. The van der Waals surface area contributed by atoms with Crippen LogP contribution in [0.1, 0.15) is 37.4 Å². The van der Waals surface area contributed by atoms with E-state index in [0.717, 1.165) is 66.4 Å². The Labute approximate surface area is 346 Å². The lowest BCUT2D eigenvalue weighted by Crippen LogP contribution is -2.22. The van der Waals surface area contributed by atoms with Crippen molar-refractivity contribution >= 4 is 77.1 Å². The van der Waals surface area contributed by atoms with E-state index in [0.29, 0.717) is 35.9 Å². The number of aryl methyl sites for hydroxylation is 1. The number of fused-ring (bicyclic) bond motifs is 5. The van der Waals surface area contributed by atoms with Gasteiger partial charge in [0.1, 0.15) is 11.4 Å². The van der Waals surface area contributed by atoms with Crippen LogP contribution in [0.4, 0.5) is 0 Å². The smallest absolute Gasteiger partial charge is 0.251 e. The van der Waals surface area contributed by atoms with Crippen LogP contribution in [0.25, 0.3) is 77.0 Å². The number of amides is 2. The third-order valence-electron chi connectivity index (χ3n) is 10.4. The molecule has 0 fully saturated rings. The largest absolute Gasteiger partial charge is 0.348 e. The molecule has 0 atom stereocenters. The minimum Gasteiger partial charge on any atom is -0.348 e. The zero-order valence-electron chi connectivity index (χ0n) is 32.2. The van der Waals surface area contributed by atoms with Gasteiger partial charge >= 0.3 is 0 Å². The van der Waals surface area contributed by atoms with Crippen LogP contribution < -0.4 is 10.6 Å². The molecule has 0 radical (unpaired) electrons.